The highest BCUT2D eigenvalue weighted by Crippen LogP contribution is 2.29. The molecule has 1 amide bonds. The van der Waals surface area contributed by atoms with E-state index in [1.165, 1.54) is 16.4 Å². The first-order chi connectivity index (χ1) is 11.8. The molecule has 0 atom stereocenters. The van der Waals surface area contributed by atoms with Crippen molar-refractivity contribution >= 4 is 50.5 Å². The lowest BCUT2D eigenvalue weighted by molar-refractivity contribution is 0.102. The molecule has 2 aromatic rings. The molecule has 132 valence electrons. The molecule has 1 N–H and O–H groups in total. The van der Waals surface area contributed by atoms with E-state index >= 15 is 0 Å². The molecule has 25 heavy (non-hydrogen) atoms. The first-order valence-corrected chi connectivity index (χ1v) is 10.0. The van der Waals surface area contributed by atoms with Crippen LogP contribution in [-0.4, -0.2) is 26.6 Å². The van der Waals surface area contributed by atoms with E-state index in [9.17, 15) is 13.2 Å². The molecular formula is C17H16Cl2N2O3S. The minimum absolute atomic E-state index is 0.142. The van der Waals surface area contributed by atoms with E-state index in [1.807, 2.05) is 6.92 Å². The van der Waals surface area contributed by atoms with Gasteiger partial charge in [-0.25, -0.2) is 8.42 Å². The van der Waals surface area contributed by atoms with Gasteiger partial charge in [0.15, 0.2) is 0 Å². The molecular weight excluding hydrogens is 383 g/mol. The van der Waals surface area contributed by atoms with Crippen LogP contribution >= 0.6 is 23.2 Å². The lowest BCUT2D eigenvalue weighted by atomic mass is 10.1. The molecule has 0 aromatic heterocycles. The molecule has 1 heterocycles. The molecule has 3 rings (SSSR count). The van der Waals surface area contributed by atoms with E-state index < -0.39 is 10.0 Å². The van der Waals surface area contributed by atoms with Gasteiger partial charge in [-0.05, 0) is 49.2 Å². The number of nitrogens with zero attached hydrogens (tertiary/aromatic N) is 1. The number of hydrogen-bond acceptors (Lipinski definition) is 3. The molecule has 0 bridgehead atoms. The number of aryl methyl sites for hydroxylation is 1. The maximum Gasteiger partial charge on any atom is 0.255 e. The third-order valence-electron chi connectivity index (χ3n) is 3.98. The average molecular weight is 399 g/mol. The summed E-state index contributed by atoms with van der Waals surface area (Å²) in [5.41, 5.74) is 2.24. The Labute approximate surface area is 156 Å². The van der Waals surface area contributed by atoms with Gasteiger partial charge in [0.2, 0.25) is 10.0 Å². The maximum atomic E-state index is 12.5. The van der Waals surface area contributed by atoms with E-state index in [-0.39, 0.29) is 11.7 Å². The molecule has 1 saturated heterocycles. The lowest BCUT2D eigenvalue weighted by Gasteiger charge is -2.19. The normalized spacial score (nSPS) is 16.0. The maximum absolute atomic E-state index is 12.5. The molecule has 1 aliphatic heterocycles. The summed E-state index contributed by atoms with van der Waals surface area (Å²) in [5, 5.41) is 3.53. The van der Waals surface area contributed by atoms with Crippen LogP contribution in [0, 0.1) is 6.92 Å². The summed E-state index contributed by atoms with van der Waals surface area (Å²) >= 11 is 11.9. The Balaban J connectivity index is 1.90. The predicted molar refractivity (Wildman–Crippen MR) is 101 cm³/mol. The van der Waals surface area contributed by atoms with Crippen molar-refractivity contribution < 1.29 is 13.2 Å². The smallest absolute Gasteiger partial charge is 0.255 e. The highest BCUT2D eigenvalue weighted by Gasteiger charge is 2.28. The van der Waals surface area contributed by atoms with E-state index in [2.05, 4.69) is 5.32 Å². The van der Waals surface area contributed by atoms with Crippen molar-refractivity contribution in [1.29, 1.82) is 0 Å². The Morgan fingerprint density at radius 3 is 2.40 bits per heavy atom. The summed E-state index contributed by atoms with van der Waals surface area (Å²) in [6.07, 6.45) is 0.596. The highest BCUT2D eigenvalue weighted by molar-refractivity contribution is 7.93. The molecule has 0 unspecified atom stereocenters. The number of benzene rings is 2. The fourth-order valence-corrected chi connectivity index (χ4v) is 4.79. The third kappa shape index (κ3) is 3.92. The number of halogens is 2. The van der Waals surface area contributed by atoms with Gasteiger partial charge in [0, 0.05) is 27.8 Å². The number of sulfonamides is 1. The van der Waals surface area contributed by atoms with Crippen LogP contribution in [0.4, 0.5) is 11.4 Å². The minimum Gasteiger partial charge on any atom is -0.322 e. The van der Waals surface area contributed by atoms with Crippen molar-refractivity contribution in [3.8, 4) is 0 Å². The molecule has 1 aliphatic rings. The number of carbonyl (C=O) groups is 1. The molecule has 0 aliphatic carbocycles. The molecule has 5 nitrogen and oxygen atoms in total. The Kier molecular flexibility index (Phi) is 4.95. The zero-order valence-corrected chi connectivity index (χ0v) is 15.7. The fraction of sp³-hybridized carbons (Fsp3) is 0.235. The van der Waals surface area contributed by atoms with Crippen molar-refractivity contribution in [3.63, 3.8) is 0 Å². The standard InChI is InChI=1S/C17H16Cl2N2O3S/c1-11-3-4-15(21-5-2-6-25(21,23)24)10-16(11)20-17(22)12-7-13(18)9-14(19)8-12/h3-4,7-10H,2,5-6H2,1H3,(H,20,22). The first-order valence-electron chi connectivity index (χ1n) is 7.65. The summed E-state index contributed by atoms with van der Waals surface area (Å²) in [5.74, 6) is -0.224. The van der Waals surface area contributed by atoms with E-state index in [1.54, 1.807) is 24.3 Å². The number of rotatable bonds is 3. The second-order valence-corrected chi connectivity index (χ2v) is 8.74. The van der Waals surface area contributed by atoms with Gasteiger partial charge >= 0.3 is 0 Å². The zero-order valence-electron chi connectivity index (χ0n) is 13.4. The summed E-state index contributed by atoms with van der Waals surface area (Å²) in [4.78, 5) is 12.5. The largest absolute Gasteiger partial charge is 0.322 e. The summed E-state index contributed by atoms with van der Waals surface area (Å²) < 4.78 is 25.5. The monoisotopic (exact) mass is 398 g/mol. The molecule has 0 radical (unpaired) electrons. The zero-order chi connectivity index (χ0) is 18.2. The van der Waals surface area contributed by atoms with Crippen molar-refractivity contribution in [1.82, 2.24) is 0 Å². The van der Waals surface area contributed by atoms with E-state index in [4.69, 9.17) is 23.2 Å². The molecule has 0 saturated carbocycles. The van der Waals surface area contributed by atoms with Gasteiger partial charge < -0.3 is 5.32 Å². The van der Waals surface area contributed by atoms with Crippen LogP contribution in [0.5, 0.6) is 0 Å². The second-order valence-electron chi connectivity index (χ2n) is 5.85. The third-order valence-corrected chi connectivity index (χ3v) is 6.29. The SMILES string of the molecule is Cc1ccc(N2CCCS2(=O)=O)cc1NC(=O)c1cc(Cl)cc(Cl)c1. The van der Waals surface area contributed by atoms with Crippen LogP contribution < -0.4 is 9.62 Å². The van der Waals surface area contributed by atoms with Gasteiger partial charge in [-0.2, -0.15) is 0 Å². The van der Waals surface area contributed by atoms with Gasteiger partial charge in [-0.15, -0.1) is 0 Å². The number of amides is 1. The van der Waals surface area contributed by atoms with Crippen LogP contribution in [-0.2, 0) is 10.0 Å². The predicted octanol–water partition coefficient (Wildman–Crippen LogP) is 4.09. The van der Waals surface area contributed by atoms with Crippen molar-refractivity contribution in [2.75, 3.05) is 21.9 Å². The van der Waals surface area contributed by atoms with Gasteiger partial charge in [-0.3, -0.25) is 9.10 Å². The van der Waals surface area contributed by atoms with Crippen LogP contribution in [0.15, 0.2) is 36.4 Å². The van der Waals surface area contributed by atoms with Gasteiger partial charge in [0.05, 0.1) is 11.4 Å². The quantitative estimate of drug-likeness (QED) is 0.846. The molecule has 1 fully saturated rings. The van der Waals surface area contributed by atoms with Gasteiger partial charge in [-0.1, -0.05) is 29.3 Å². The van der Waals surface area contributed by atoms with Gasteiger partial charge in [0.1, 0.15) is 0 Å². The minimum atomic E-state index is -3.28. The lowest BCUT2D eigenvalue weighted by Crippen LogP contribution is -2.25. The number of hydrogen-bond donors (Lipinski definition) is 1. The van der Waals surface area contributed by atoms with Gasteiger partial charge in [0.25, 0.3) is 5.91 Å². The van der Waals surface area contributed by atoms with Crippen LogP contribution in [0.2, 0.25) is 10.0 Å². The summed E-state index contributed by atoms with van der Waals surface area (Å²) in [6, 6.07) is 9.78. The van der Waals surface area contributed by atoms with E-state index in [0.29, 0.717) is 39.9 Å². The number of carbonyl (C=O) groups excluding carboxylic acids is 1. The Morgan fingerprint density at radius 2 is 1.80 bits per heavy atom. The van der Waals surface area contributed by atoms with Crippen LogP contribution in [0.1, 0.15) is 22.3 Å². The average Bonchev–Trinajstić information content (AvgIpc) is 2.88. The number of nitrogens with one attached hydrogen (secondary N) is 1. The Morgan fingerprint density at radius 1 is 1.12 bits per heavy atom. The van der Waals surface area contributed by atoms with Crippen LogP contribution in [0.3, 0.4) is 0 Å². The molecule has 8 heteroatoms. The van der Waals surface area contributed by atoms with Crippen molar-refractivity contribution in [2.24, 2.45) is 0 Å². The molecule has 0 spiro atoms. The van der Waals surface area contributed by atoms with Crippen molar-refractivity contribution in [3.05, 3.63) is 57.6 Å². The molecule has 2 aromatic carbocycles. The summed E-state index contributed by atoms with van der Waals surface area (Å²) in [6.45, 7) is 2.28. The Hall–Kier alpha value is -1.76. The van der Waals surface area contributed by atoms with Crippen LogP contribution in [0.25, 0.3) is 0 Å². The van der Waals surface area contributed by atoms with E-state index in [0.717, 1.165) is 5.56 Å². The highest BCUT2D eigenvalue weighted by atomic mass is 35.5. The first kappa shape index (κ1) is 18.0. The Bertz CT molecular complexity index is 925. The second kappa shape index (κ2) is 6.86. The van der Waals surface area contributed by atoms with Crippen molar-refractivity contribution in [2.45, 2.75) is 13.3 Å². The summed E-state index contributed by atoms with van der Waals surface area (Å²) in [7, 11) is -3.28. The number of anilines is 2. The topological polar surface area (TPSA) is 66.5 Å². The fourth-order valence-electron chi connectivity index (χ4n) is 2.71.